The normalized spacial score (nSPS) is 14.0. The lowest BCUT2D eigenvalue weighted by atomic mass is 10.0. The van der Waals surface area contributed by atoms with Gasteiger partial charge in [0.1, 0.15) is 0 Å². The van der Waals surface area contributed by atoms with Crippen molar-refractivity contribution in [2.45, 2.75) is 5.92 Å². The highest BCUT2D eigenvalue weighted by molar-refractivity contribution is 7.85. The summed E-state index contributed by atoms with van der Waals surface area (Å²) in [6.07, 6.45) is 0. The second kappa shape index (κ2) is 3.89. The summed E-state index contributed by atoms with van der Waals surface area (Å²) < 4.78 is 29.6. The van der Waals surface area contributed by atoms with Crippen molar-refractivity contribution in [2.24, 2.45) is 0 Å². The quantitative estimate of drug-likeness (QED) is 0.750. The van der Waals surface area contributed by atoms with Gasteiger partial charge in [0.25, 0.3) is 10.1 Å². The van der Waals surface area contributed by atoms with Crippen LogP contribution in [-0.2, 0) is 10.1 Å². The Morgan fingerprint density at radius 1 is 1.31 bits per heavy atom. The third-order valence-corrected chi connectivity index (χ3v) is 2.51. The third-order valence-electron chi connectivity index (χ3n) is 1.68. The Balaban J connectivity index is 2.76. The zero-order chi connectivity index (χ0) is 9.90. The van der Waals surface area contributed by atoms with Crippen LogP contribution in [0.1, 0.15) is 11.5 Å². The second-order valence-electron chi connectivity index (χ2n) is 2.86. The van der Waals surface area contributed by atoms with Crippen LogP contribution in [0, 0.1) is 6.92 Å². The van der Waals surface area contributed by atoms with Crippen LogP contribution in [0.2, 0.25) is 0 Å². The van der Waals surface area contributed by atoms with E-state index >= 15 is 0 Å². The topological polar surface area (TPSA) is 54.4 Å². The van der Waals surface area contributed by atoms with E-state index in [1.54, 1.807) is 24.3 Å². The van der Waals surface area contributed by atoms with Gasteiger partial charge < -0.3 is 0 Å². The van der Waals surface area contributed by atoms with Crippen LogP contribution in [0.3, 0.4) is 0 Å². The van der Waals surface area contributed by atoms with Gasteiger partial charge in [-0.2, -0.15) is 8.42 Å². The lowest BCUT2D eigenvalue weighted by Gasteiger charge is -2.08. The summed E-state index contributed by atoms with van der Waals surface area (Å²) in [6, 6.07) is 9.00. The number of rotatable bonds is 3. The minimum absolute atomic E-state index is 0.336. The molecule has 71 valence electrons. The molecule has 13 heavy (non-hydrogen) atoms. The lowest BCUT2D eigenvalue weighted by molar-refractivity contribution is 0.480. The zero-order valence-corrected chi connectivity index (χ0v) is 7.87. The van der Waals surface area contributed by atoms with Crippen molar-refractivity contribution < 1.29 is 13.0 Å². The summed E-state index contributed by atoms with van der Waals surface area (Å²) in [5.74, 6) is -0.756. The van der Waals surface area contributed by atoms with Crippen molar-refractivity contribution in [3.63, 3.8) is 0 Å². The van der Waals surface area contributed by atoms with Crippen molar-refractivity contribution in [2.75, 3.05) is 5.75 Å². The van der Waals surface area contributed by atoms with Gasteiger partial charge in [0.05, 0.1) is 5.75 Å². The lowest BCUT2D eigenvalue weighted by Crippen LogP contribution is -2.11. The van der Waals surface area contributed by atoms with Gasteiger partial charge in [0.15, 0.2) is 0 Å². The first-order chi connectivity index (χ1) is 5.99. The number of benzene rings is 1. The fourth-order valence-electron chi connectivity index (χ4n) is 1.08. The van der Waals surface area contributed by atoms with E-state index < -0.39 is 16.0 Å². The second-order valence-corrected chi connectivity index (χ2v) is 4.35. The highest BCUT2D eigenvalue weighted by Crippen LogP contribution is 2.15. The van der Waals surface area contributed by atoms with Crippen LogP contribution in [0.4, 0.5) is 0 Å². The van der Waals surface area contributed by atoms with Gasteiger partial charge in [-0.25, -0.2) is 0 Å². The molecule has 1 aromatic rings. The van der Waals surface area contributed by atoms with Crippen LogP contribution in [0.15, 0.2) is 30.3 Å². The maximum absolute atomic E-state index is 10.5. The Bertz CT molecular complexity index is 356. The SMILES string of the molecule is [CH2]C(CS(=O)(=O)O)c1ccccc1. The van der Waals surface area contributed by atoms with E-state index in [-0.39, 0.29) is 5.75 Å². The standard InChI is InChI=1S/C9H11O3S/c1-8(7-13(10,11)12)9-5-3-2-4-6-9/h2-6,8H,1,7H2,(H,10,11,12). The maximum atomic E-state index is 10.5. The molecular formula is C9H11O3S. The van der Waals surface area contributed by atoms with Crippen LogP contribution in [-0.4, -0.2) is 18.7 Å². The molecule has 1 atom stereocenters. The third kappa shape index (κ3) is 3.57. The average Bonchev–Trinajstić information content (AvgIpc) is 2.03. The van der Waals surface area contributed by atoms with Gasteiger partial charge >= 0.3 is 0 Å². The molecule has 0 bridgehead atoms. The Morgan fingerprint density at radius 2 is 1.85 bits per heavy atom. The maximum Gasteiger partial charge on any atom is 0.265 e. The van der Waals surface area contributed by atoms with Gasteiger partial charge in [-0.3, -0.25) is 4.55 Å². The zero-order valence-electron chi connectivity index (χ0n) is 7.05. The molecule has 0 aromatic heterocycles. The minimum Gasteiger partial charge on any atom is -0.286 e. The monoisotopic (exact) mass is 199 g/mol. The summed E-state index contributed by atoms with van der Waals surface area (Å²) in [5.41, 5.74) is 0.806. The van der Waals surface area contributed by atoms with E-state index in [9.17, 15) is 8.42 Å². The minimum atomic E-state index is -3.93. The molecule has 0 amide bonds. The van der Waals surface area contributed by atoms with E-state index in [0.717, 1.165) is 5.56 Å². The first-order valence-electron chi connectivity index (χ1n) is 3.82. The molecule has 1 radical (unpaired) electrons. The number of hydrogen-bond acceptors (Lipinski definition) is 2. The predicted octanol–water partition coefficient (Wildman–Crippen LogP) is 1.49. The summed E-state index contributed by atoms with van der Waals surface area (Å²) in [7, 11) is -3.93. The van der Waals surface area contributed by atoms with Gasteiger partial charge in [-0.1, -0.05) is 30.3 Å². The van der Waals surface area contributed by atoms with Crippen LogP contribution in [0.5, 0.6) is 0 Å². The van der Waals surface area contributed by atoms with Crippen LogP contribution >= 0.6 is 0 Å². The smallest absolute Gasteiger partial charge is 0.265 e. The van der Waals surface area contributed by atoms with Crippen molar-refractivity contribution >= 4 is 10.1 Å². The van der Waals surface area contributed by atoms with Gasteiger partial charge in [0, 0.05) is 5.92 Å². The van der Waals surface area contributed by atoms with E-state index in [1.165, 1.54) is 0 Å². The van der Waals surface area contributed by atoms with Crippen molar-refractivity contribution in [1.82, 2.24) is 0 Å². The summed E-state index contributed by atoms with van der Waals surface area (Å²) in [6.45, 7) is 3.65. The summed E-state index contributed by atoms with van der Waals surface area (Å²) in [4.78, 5) is 0. The van der Waals surface area contributed by atoms with E-state index in [0.29, 0.717) is 0 Å². The Kier molecular flexibility index (Phi) is 3.06. The van der Waals surface area contributed by atoms with Gasteiger partial charge in [-0.05, 0) is 12.5 Å². The molecule has 0 saturated heterocycles. The average molecular weight is 199 g/mol. The molecule has 0 saturated carbocycles. The summed E-state index contributed by atoms with van der Waals surface area (Å²) >= 11 is 0. The predicted molar refractivity (Wildman–Crippen MR) is 51.0 cm³/mol. The Morgan fingerprint density at radius 3 is 2.31 bits per heavy atom. The highest BCUT2D eigenvalue weighted by Gasteiger charge is 2.13. The molecule has 3 nitrogen and oxygen atoms in total. The van der Waals surface area contributed by atoms with Crippen LogP contribution < -0.4 is 0 Å². The summed E-state index contributed by atoms with van der Waals surface area (Å²) in [5, 5.41) is 0. The van der Waals surface area contributed by atoms with Gasteiger partial charge in [-0.15, -0.1) is 0 Å². The largest absolute Gasteiger partial charge is 0.286 e. The molecule has 1 rings (SSSR count). The number of hydrogen-bond donors (Lipinski definition) is 1. The molecule has 0 fully saturated rings. The van der Waals surface area contributed by atoms with Crippen LogP contribution in [0.25, 0.3) is 0 Å². The molecular weight excluding hydrogens is 188 g/mol. The first-order valence-corrected chi connectivity index (χ1v) is 5.43. The molecule has 1 unspecified atom stereocenters. The van der Waals surface area contributed by atoms with E-state index in [1.807, 2.05) is 6.07 Å². The van der Waals surface area contributed by atoms with E-state index in [4.69, 9.17) is 4.55 Å². The Hall–Kier alpha value is -0.870. The Labute approximate surface area is 78.2 Å². The first kappa shape index (κ1) is 10.2. The molecule has 0 aliphatic rings. The van der Waals surface area contributed by atoms with Crippen molar-refractivity contribution in [1.29, 1.82) is 0 Å². The van der Waals surface area contributed by atoms with Gasteiger partial charge in [0.2, 0.25) is 0 Å². The molecule has 4 heteroatoms. The fraction of sp³-hybridized carbons (Fsp3) is 0.222. The van der Waals surface area contributed by atoms with E-state index in [2.05, 4.69) is 6.92 Å². The molecule has 1 N–H and O–H groups in total. The molecule has 0 heterocycles. The fourth-order valence-corrected chi connectivity index (χ4v) is 1.78. The van der Waals surface area contributed by atoms with Crippen molar-refractivity contribution in [3.05, 3.63) is 42.8 Å². The molecule has 0 spiro atoms. The molecule has 1 aromatic carbocycles. The van der Waals surface area contributed by atoms with Crippen molar-refractivity contribution in [3.8, 4) is 0 Å². The molecule has 0 aliphatic heterocycles. The molecule has 0 aliphatic carbocycles. The highest BCUT2D eigenvalue weighted by atomic mass is 32.2.